The zero-order chi connectivity index (χ0) is 17.4. The van der Waals surface area contributed by atoms with Crippen LogP contribution in [-0.2, 0) is 7.05 Å². The molecule has 3 nitrogen and oxygen atoms in total. The summed E-state index contributed by atoms with van der Waals surface area (Å²) in [4.78, 5) is 0. The predicted molar refractivity (Wildman–Crippen MR) is 108 cm³/mol. The van der Waals surface area contributed by atoms with E-state index in [1.807, 2.05) is 48.6 Å². The molecule has 0 radical (unpaired) electrons. The topological polar surface area (TPSA) is 20.5 Å². The van der Waals surface area contributed by atoms with Crippen molar-refractivity contribution in [2.45, 2.75) is 6.92 Å². The van der Waals surface area contributed by atoms with Gasteiger partial charge >= 0.3 is 0 Å². The van der Waals surface area contributed by atoms with E-state index in [0.29, 0.717) is 0 Å². The summed E-state index contributed by atoms with van der Waals surface area (Å²) >= 11 is 0. The monoisotopic (exact) mass is 327 g/mol. The molecule has 0 aliphatic rings. The van der Waals surface area contributed by atoms with Crippen molar-refractivity contribution in [2.75, 3.05) is 12.1 Å². The molecule has 25 heavy (non-hydrogen) atoms. The number of aryl methyl sites for hydroxylation is 2. The molecule has 0 saturated carbocycles. The van der Waals surface area contributed by atoms with Gasteiger partial charge < -0.3 is 4.57 Å². The number of fused-ring (bicyclic) bond motifs is 3. The van der Waals surface area contributed by atoms with E-state index in [9.17, 15) is 0 Å². The lowest BCUT2D eigenvalue weighted by molar-refractivity contribution is 1.01. The maximum atomic E-state index is 4.58. The molecule has 0 bridgehead atoms. The van der Waals surface area contributed by atoms with Crippen LogP contribution in [0.1, 0.15) is 11.1 Å². The summed E-state index contributed by atoms with van der Waals surface area (Å²) in [6.45, 7) is 2.14. The van der Waals surface area contributed by atoms with Crippen LogP contribution in [0.5, 0.6) is 0 Å². The summed E-state index contributed by atoms with van der Waals surface area (Å²) < 4.78 is 2.25. The smallest absolute Gasteiger partial charge is 0.0590 e. The number of hydrogen-bond donors (Lipinski definition) is 0. The van der Waals surface area contributed by atoms with Gasteiger partial charge in [0.15, 0.2) is 0 Å². The molecular formula is C22H21N3. The highest BCUT2D eigenvalue weighted by Gasteiger charge is 2.08. The SMILES string of the molecule is Cc1ccc2c(c1)c1cc(/C=N/N(C)c3ccccc3)ccc1n2C. The Balaban J connectivity index is 1.75. The van der Waals surface area contributed by atoms with Gasteiger partial charge in [0.25, 0.3) is 0 Å². The Morgan fingerprint density at radius 1 is 0.880 bits per heavy atom. The minimum atomic E-state index is 1.07. The van der Waals surface area contributed by atoms with Gasteiger partial charge in [0.1, 0.15) is 0 Å². The first-order chi connectivity index (χ1) is 12.1. The molecule has 0 aliphatic heterocycles. The fourth-order valence-corrected chi connectivity index (χ4v) is 3.29. The van der Waals surface area contributed by atoms with E-state index >= 15 is 0 Å². The van der Waals surface area contributed by atoms with E-state index < -0.39 is 0 Å². The maximum Gasteiger partial charge on any atom is 0.0590 e. The van der Waals surface area contributed by atoms with Crippen LogP contribution in [-0.4, -0.2) is 17.8 Å². The fourth-order valence-electron chi connectivity index (χ4n) is 3.29. The van der Waals surface area contributed by atoms with Gasteiger partial charge in [-0.3, -0.25) is 5.01 Å². The second kappa shape index (κ2) is 6.10. The second-order valence-corrected chi connectivity index (χ2v) is 6.46. The average molecular weight is 327 g/mol. The summed E-state index contributed by atoms with van der Waals surface area (Å²) in [5.74, 6) is 0. The molecule has 0 N–H and O–H groups in total. The minimum Gasteiger partial charge on any atom is -0.344 e. The van der Waals surface area contributed by atoms with Gasteiger partial charge in [0.05, 0.1) is 11.9 Å². The van der Waals surface area contributed by atoms with E-state index in [-0.39, 0.29) is 0 Å². The second-order valence-electron chi connectivity index (χ2n) is 6.46. The molecule has 4 rings (SSSR count). The first-order valence-corrected chi connectivity index (χ1v) is 8.45. The Hall–Kier alpha value is -3.07. The number of benzene rings is 3. The molecule has 0 aliphatic carbocycles. The lowest BCUT2D eigenvalue weighted by atomic mass is 10.1. The predicted octanol–water partition coefficient (Wildman–Crippen LogP) is 5.11. The van der Waals surface area contributed by atoms with E-state index in [2.05, 4.69) is 60.0 Å². The summed E-state index contributed by atoms with van der Waals surface area (Å²) in [5.41, 5.74) is 5.96. The Kier molecular flexibility index (Phi) is 3.77. The van der Waals surface area contributed by atoms with Crippen LogP contribution in [0.15, 0.2) is 71.8 Å². The first kappa shape index (κ1) is 15.5. The largest absolute Gasteiger partial charge is 0.344 e. The molecule has 1 heterocycles. The standard InChI is InChI=1S/C22H21N3/c1-16-9-11-21-19(13-16)20-14-17(10-12-22(20)24(21)2)15-23-25(3)18-7-5-4-6-8-18/h4-15H,1-3H3/b23-15+. The zero-order valence-electron chi connectivity index (χ0n) is 14.8. The van der Waals surface area contributed by atoms with Crippen LogP contribution in [0.4, 0.5) is 5.69 Å². The molecule has 0 unspecified atom stereocenters. The number of anilines is 1. The molecule has 0 amide bonds. The Morgan fingerprint density at radius 3 is 2.32 bits per heavy atom. The molecular weight excluding hydrogens is 306 g/mol. The Bertz CT molecular complexity index is 1070. The normalized spacial score (nSPS) is 11.6. The van der Waals surface area contributed by atoms with Crippen LogP contribution < -0.4 is 5.01 Å². The van der Waals surface area contributed by atoms with Crippen LogP contribution in [0.25, 0.3) is 21.8 Å². The number of hydrogen-bond acceptors (Lipinski definition) is 2. The quantitative estimate of drug-likeness (QED) is 0.378. The summed E-state index contributed by atoms with van der Waals surface area (Å²) in [7, 11) is 4.09. The van der Waals surface area contributed by atoms with Crippen LogP contribution in [0.2, 0.25) is 0 Å². The van der Waals surface area contributed by atoms with E-state index in [4.69, 9.17) is 0 Å². The molecule has 4 aromatic rings. The van der Waals surface area contributed by atoms with Gasteiger partial charge in [-0.05, 0) is 48.9 Å². The third kappa shape index (κ3) is 2.78. The Morgan fingerprint density at radius 2 is 1.56 bits per heavy atom. The van der Waals surface area contributed by atoms with Crippen LogP contribution in [0.3, 0.4) is 0 Å². The number of aromatic nitrogens is 1. The number of nitrogens with zero attached hydrogens (tertiary/aromatic N) is 3. The van der Waals surface area contributed by atoms with Crippen molar-refractivity contribution in [1.82, 2.24) is 4.57 Å². The van der Waals surface area contributed by atoms with Gasteiger partial charge in [-0.15, -0.1) is 0 Å². The number of hydrazone groups is 1. The molecule has 0 saturated heterocycles. The highest BCUT2D eigenvalue weighted by Crippen LogP contribution is 2.29. The van der Waals surface area contributed by atoms with Gasteiger partial charge in [0.2, 0.25) is 0 Å². The van der Waals surface area contributed by atoms with E-state index in [1.54, 1.807) is 0 Å². The molecule has 0 atom stereocenters. The van der Waals surface area contributed by atoms with Crippen molar-refractivity contribution >= 4 is 33.7 Å². The minimum absolute atomic E-state index is 1.07. The maximum absolute atomic E-state index is 4.58. The highest BCUT2D eigenvalue weighted by atomic mass is 15.4. The fraction of sp³-hybridized carbons (Fsp3) is 0.136. The molecule has 3 aromatic carbocycles. The first-order valence-electron chi connectivity index (χ1n) is 8.45. The number of rotatable bonds is 3. The van der Waals surface area contributed by atoms with Crippen molar-refractivity contribution in [1.29, 1.82) is 0 Å². The summed E-state index contributed by atoms with van der Waals surface area (Å²) in [5, 5.41) is 9.03. The summed E-state index contributed by atoms with van der Waals surface area (Å²) in [6.07, 6.45) is 1.92. The number of para-hydroxylation sites is 1. The third-order valence-electron chi connectivity index (χ3n) is 4.70. The molecule has 3 heteroatoms. The van der Waals surface area contributed by atoms with Crippen molar-refractivity contribution in [3.63, 3.8) is 0 Å². The van der Waals surface area contributed by atoms with Crippen molar-refractivity contribution < 1.29 is 0 Å². The van der Waals surface area contributed by atoms with Crippen molar-refractivity contribution in [3.8, 4) is 0 Å². The van der Waals surface area contributed by atoms with Gasteiger partial charge in [-0.2, -0.15) is 5.10 Å². The highest BCUT2D eigenvalue weighted by molar-refractivity contribution is 6.09. The lowest BCUT2D eigenvalue weighted by Gasteiger charge is -2.12. The van der Waals surface area contributed by atoms with Gasteiger partial charge in [-0.1, -0.05) is 35.9 Å². The lowest BCUT2D eigenvalue weighted by Crippen LogP contribution is -2.08. The van der Waals surface area contributed by atoms with E-state index in [1.165, 1.54) is 27.4 Å². The van der Waals surface area contributed by atoms with Crippen molar-refractivity contribution in [2.24, 2.45) is 12.1 Å². The van der Waals surface area contributed by atoms with Gasteiger partial charge in [-0.25, -0.2) is 0 Å². The zero-order valence-corrected chi connectivity index (χ0v) is 14.8. The van der Waals surface area contributed by atoms with Crippen LogP contribution in [0, 0.1) is 6.92 Å². The molecule has 124 valence electrons. The third-order valence-corrected chi connectivity index (χ3v) is 4.70. The van der Waals surface area contributed by atoms with Crippen LogP contribution >= 0.6 is 0 Å². The van der Waals surface area contributed by atoms with Crippen molar-refractivity contribution in [3.05, 3.63) is 77.9 Å². The molecule has 0 fully saturated rings. The van der Waals surface area contributed by atoms with Gasteiger partial charge in [0, 0.05) is 35.9 Å². The van der Waals surface area contributed by atoms with E-state index in [0.717, 1.165) is 11.3 Å². The molecule has 1 aromatic heterocycles. The summed E-state index contributed by atoms with van der Waals surface area (Å²) in [6, 6.07) is 23.3. The Labute approximate surface area is 147 Å². The molecule has 0 spiro atoms. The average Bonchev–Trinajstić information content (AvgIpc) is 2.92.